The van der Waals surface area contributed by atoms with Crippen molar-refractivity contribution in [2.45, 2.75) is 44.9 Å². The zero-order chi connectivity index (χ0) is 14.3. The number of H-pyrrole nitrogens is 2. The van der Waals surface area contributed by atoms with Gasteiger partial charge in [0.05, 0.1) is 6.10 Å². The van der Waals surface area contributed by atoms with Crippen molar-refractivity contribution in [3.8, 4) is 0 Å². The first-order valence-corrected chi connectivity index (χ1v) is 6.75. The van der Waals surface area contributed by atoms with E-state index in [-0.39, 0.29) is 29.4 Å². The average molecular weight is 279 g/mol. The van der Waals surface area contributed by atoms with Crippen LogP contribution in [-0.2, 0) is 4.74 Å². The van der Waals surface area contributed by atoms with E-state index >= 15 is 0 Å². The number of imidazole rings is 1. The minimum absolute atomic E-state index is 0.0154. The molecule has 2 unspecified atom stereocenters. The van der Waals surface area contributed by atoms with E-state index in [4.69, 9.17) is 10.5 Å². The molecule has 1 saturated heterocycles. The van der Waals surface area contributed by atoms with Gasteiger partial charge in [0.25, 0.3) is 5.56 Å². The Hall–Kier alpha value is -2.09. The third-order valence-corrected chi connectivity index (χ3v) is 3.58. The summed E-state index contributed by atoms with van der Waals surface area (Å²) in [6.07, 6.45) is 3.39. The molecular formula is C12H17N5O3. The smallest absolute Gasteiger partial charge is 0.329 e. The van der Waals surface area contributed by atoms with Gasteiger partial charge in [0, 0.05) is 0 Å². The summed E-state index contributed by atoms with van der Waals surface area (Å²) in [5, 5.41) is 0. The highest BCUT2D eigenvalue weighted by Crippen LogP contribution is 2.30. The number of ether oxygens (including phenoxy) is 1. The van der Waals surface area contributed by atoms with Gasteiger partial charge in [-0.1, -0.05) is 13.3 Å². The highest BCUT2D eigenvalue weighted by atomic mass is 16.5. The highest BCUT2D eigenvalue weighted by molar-refractivity contribution is 5.70. The molecule has 2 aromatic heterocycles. The van der Waals surface area contributed by atoms with Gasteiger partial charge in [-0.05, 0) is 19.3 Å². The van der Waals surface area contributed by atoms with Crippen LogP contribution in [0.3, 0.4) is 0 Å². The fourth-order valence-corrected chi connectivity index (χ4v) is 2.71. The quantitative estimate of drug-likeness (QED) is 0.754. The predicted octanol–water partition coefficient (Wildman–Crippen LogP) is 0.473. The number of nitrogens with two attached hydrogens (primary N) is 1. The van der Waals surface area contributed by atoms with Gasteiger partial charge < -0.3 is 10.5 Å². The van der Waals surface area contributed by atoms with Crippen molar-refractivity contribution in [1.29, 1.82) is 0 Å². The van der Waals surface area contributed by atoms with Crippen molar-refractivity contribution in [2.24, 2.45) is 0 Å². The van der Waals surface area contributed by atoms with Crippen molar-refractivity contribution in [1.82, 2.24) is 19.5 Å². The fraction of sp³-hybridized carbons (Fsp3) is 0.583. The molecule has 8 heteroatoms. The van der Waals surface area contributed by atoms with E-state index in [1.165, 1.54) is 4.57 Å². The molecule has 0 spiro atoms. The lowest BCUT2D eigenvalue weighted by atomic mass is 10.1. The van der Waals surface area contributed by atoms with Gasteiger partial charge in [0.1, 0.15) is 6.23 Å². The summed E-state index contributed by atoms with van der Waals surface area (Å²) in [6, 6.07) is 0. The van der Waals surface area contributed by atoms with Crippen LogP contribution in [0.1, 0.15) is 38.8 Å². The summed E-state index contributed by atoms with van der Waals surface area (Å²) in [4.78, 5) is 32.7. The minimum Gasteiger partial charge on any atom is -0.369 e. The summed E-state index contributed by atoms with van der Waals surface area (Å²) in [7, 11) is 0. The predicted molar refractivity (Wildman–Crippen MR) is 73.4 cm³/mol. The molecule has 0 bridgehead atoms. The van der Waals surface area contributed by atoms with Crippen LogP contribution in [-0.4, -0.2) is 25.6 Å². The lowest BCUT2D eigenvalue weighted by Crippen LogP contribution is -2.23. The van der Waals surface area contributed by atoms with Gasteiger partial charge in [-0.25, -0.2) is 9.36 Å². The van der Waals surface area contributed by atoms with Gasteiger partial charge in [-0.15, -0.1) is 0 Å². The van der Waals surface area contributed by atoms with Gasteiger partial charge in [-0.2, -0.15) is 4.98 Å². The monoisotopic (exact) mass is 279 g/mol. The van der Waals surface area contributed by atoms with E-state index in [1.807, 2.05) is 0 Å². The first kappa shape index (κ1) is 12.9. The van der Waals surface area contributed by atoms with Crippen molar-refractivity contribution >= 4 is 17.1 Å². The van der Waals surface area contributed by atoms with Crippen LogP contribution in [0.25, 0.3) is 11.2 Å². The summed E-state index contributed by atoms with van der Waals surface area (Å²) in [6.45, 7) is 2.09. The lowest BCUT2D eigenvalue weighted by molar-refractivity contribution is -0.00122. The molecule has 3 rings (SSSR count). The van der Waals surface area contributed by atoms with Crippen molar-refractivity contribution < 1.29 is 4.74 Å². The lowest BCUT2D eigenvalue weighted by Gasteiger charge is -2.13. The first-order chi connectivity index (χ1) is 9.60. The van der Waals surface area contributed by atoms with Crippen LogP contribution in [0.15, 0.2) is 9.59 Å². The zero-order valence-electron chi connectivity index (χ0n) is 11.2. The topological polar surface area (TPSA) is 119 Å². The second-order valence-electron chi connectivity index (χ2n) is 5.03. The number of nitrogen functional groups attached to an aromatic ring is 1. The number of rotatable bonds is 3. The Morgan fingerprint density at radius 1 is 1.40 bits per heavy atom. The van der Waals surface area contributed by atoms with Gasteiger partial charge in [0.2, 0.25) is 5.95 Å². The Bertz CT molecular complexity index is 744. The second-order valence-corrected chi connectivity index (χ2v) is 5.03. The summed E-state index contributed by atoms with van der Waals surface area (Å²) >= 11 is 0. The number of aromatic amines is 2. The number of anilines is 1. The summed E-state index contributed by atoms with van der Waals surface area (Å²) < 4.78 is 7.25. The van der Waals surface area contributed by atoms with Crippen LogP contribution < -0.4 is 17.0 Å². The average Bonchev–Trinajstić information content (AvgIpc) is 2.94. The van der Waals surface area contributed by atoms with E-state index in [9.17, 15) is 9.59 Å². The largest absolute Gasteiger partial charge is 0.369 e. The van der Waals surface area contributed by atoms with Gasteiger partial charge >= 0.3 is 5.69 Å². The van der Waals surface area contributed by atoms with Crippen molar-refractivity contribution in [3.05, 3.63) is 20.8 Å². The van der Waals surface area contributed by atoms with E-state index in [0.29, 0.717) is 0 Å². The van der Waals surface area contributed by atoms with Crippen molar-refractivity contribution in [2.75, 3.05) is 5.73 Å². The molecule has 0 aliphatic carbocycles. The van der Waals surface area contributed by atoms with Crippen LogP contribution in [0.5, 0.6) is 0 Å². The summed E-state index contributed by atoms with van der Waals surface area (Å²) in [5.74, 6) is -0.0154. The Morgan fingerprint density at radius 2 is 2.20 bits per heavy atom. The molecule has 3 heterocycles. The fourth-order valence-electron chi connectivity index (χ4n) is 2.71. The van der Waals surface area contributed by atoms with Gasteiger partial charge in [0.15, 0.2) is 11.2 Å². The zero-order valence-corrected chi connectivity index (χ0v) is 11.2. The number of nitrogens with one attached hydrogen (secondary N) is 2. The highest BCUT2D eigenvalue weighted by Gasteiger charge is 2.29. The molecule has 20 heavy (non-hydrogen) atoms. The van der Waals surface area contributed by atoms with E-state index in [2.05, 4.69) is 21.9 Å². The second kappa shape index (κ2) is 4.78. The molecule has 0 aromatic carbocycles. The Labute approximate surface area is 114 Å². The normalized spacial score (nSPS) is 22.6. The van der Waals surface area contributed by atoms with E-state index in [1.54, 1.807) is 0 Å². The molecule has 108 valence electrons. The number of hydrogen-bond donors (Lipinski definition) is 3. The van der Waals surface area contributed by atoms with Crippen LogP contribution in [0, 0.1) is 0 Å². The molecule has 0 saturated carbocycles. The maximum Gasteiger partial charge on any atom is 0.329 e. The van der Waals surface area contributed by atoms with E-state index < -0.39 is 11.2 Å². The maximum absolute atomic E-state index is 12.0. The number of hydrogen-bond acceptors (Lipinski definition) is 5. The number of nitrogens with zero attached hydrogens (tertiary/aromatic N) is 2. The Balaban J connectivity index is 2.06. The summed E-state index contributed by atoms with van der Waals surface area (Å²) in [5.41, 5.74) is 5.07. The molecule has 2 aromatic rings. The standard InChI is InChI=1S/C12H17N5O3/c1-2-3-6-4-5-7(20-6)17-9-8(14-12(17)19)10(18)16-11(13)15-9/h6-7H,2-5H2,1H3,(H,14,19)(H3,13,15,16,18). The Kier molecular flexibility index (Phi) is 3.09. The molecule has 1 aliphatic heterocycles. The van der Waals surface area contributed by atoms with Crippen LogP contribution >= 0.6 is 0 Å². The minimum atomic E-state index is -0.452. The molecule has 1 fully saturated rings. The van der Waals surface area contributed by atoms with E-state index in [0.717, 1.165) is 25.7 Å². The number of fused-ring (bicyclic) bond motifs is 1. The van der Waals surface area contributed by atoms with Gasteiger partial charge in [-0.3, -0.25) is 14.8 Å². The molecule has 8 nitrogen and oxygen atoms in total. The first-order valence-electron chi connectivity index (χ1n) is 6.75. The molecule has 4 N–H and O–H groups in total. The third-order valence-electron chi connectivity index (χ3n) is 3.58. The number of aromatic nitrogens is 4. The molecule has 1 aliphatic rings. The molecule has 2 atom stereocenters. The maximum atomic E-state index is 12.0. The molecule has 0 radical (unpaired) electrons. The Morgan fingerprint density at radius 3 is 2.95 bits per heavy atom. The molecule has 0 amide bonds. The SMILES string of the molecule is CCCC1CCC(n2c(=O)[nH]c3c(=O)[nH]c(N)nc32)O1. The molecular weight excluding hydrogens is 262 g/mol. The van der Waals surface area contributed by atoms with Crippen molar-refractivity contribution in [3.63, 3.8) is 0 Å². The third kappa shape index (κ3) is 2.01. The van der Waals surface area contributed by atoms with Crippen LogP contribution in [0.2, 0.25) is 0 Å². The van der Waals surface area contributed by atoms with Crippen LogP contribution in [0.4, 0.5) is 5.95 Å².